The van der Waals surface area contributed by atoms with Crippen LogP contribution in [0.15, 0.2) is 0 Å². The fourth-order valence-corrected chi connectivity index (χ4v) is 1.42. The fraction of sp³-hybridized carbons (Fsp3) is 0.727. The number of carbonyl (C=O) groups excluding carboxylic acids is 3. The lowest BCUT2D eigenvalue weighted by atomic mass is 10.2. The van der Waals surface area contributed by atoms with Gasteiger partial charge in [0, 0.05) is 13.1 Å². The SMILES string of the molecule is CC(C)CNC(=O)CNC(=O)C1CNC(=O)CN1. The molecule has 1 fully saturated rings. The normalized spacial score (nSPS) is 19.3. The van der Waals surface area contributed by atoms with Crippen LogP contribution in [0.4, 0.5) is 0 Å². The van der Waals surface area contributed by atoms with Crippen molar-refractivity contribution in [2.45, 2.75) is 19.9 Å². The molecule has 1 heterocycles. The third-order valence-electron chi connectivity index (χ3n) is 2.46. The molecule has 3 amide bonds. The Morgan fingerprint density at radius 3 is 2.67 bits per heavy atom. The summed E-state index contributed by atoms with van der Waals surface area (Å²) in [6, 6.07) is -0.472. The molecule has 0 radical (unpaired) electrons. The van der Waals surface area contributed by atoms with Crippen molar-refractivity contribution in [1.29, 1.82) is 0 Å². The van der Waals surface area contributed by atoms with Crippen molar-refractivity contribution < 1.29 is 14.4 Å². The van der Waals surface area contributed by atoms with Crippen LogP contribution < -0.4 is 21.3 Å². The summed E-state index contributed by atoms with van der Waals surface area (Å²) in [5.74, 6) is -0.250. The monoisotopic (exact) mass is 256 g/mol. The molecule has 0 aromatic carbocycles. The van der Waals surface area contributed by atoms with E-state index in [9.17, 15) is 14.4 Å². The first-order chi connectivity index (χ1) is 8.49. The van der Waals surface area contributed by atoms with E-state index in [1.165, 1.54) is 0 Å². The van der Waals surface area contributed by atoms with Gasteiger partial charge in [0.1, 0.15) is 6.04 Å². The lowest BCUT2D eigenvalue weighted by Gasteiger charge is -2.23. The maximum atomic E-state index is 11.6. The van der Waals surface area contributed by atoms with Crippen molar-refractivity contribution in [1.82, 2.24) is 21.3 Å². The molecule has 1 unspecified atom stereocenters. The van der Waals surface area contributed by atoms with E-state index >= 15 is 0 Å². The number of hydrogen-bond donors (Lipinski definition) is 4. The number of hydrogen-bond acceptors (Lipinski definition) is 4. The van der Waals surface area contributed by atoms with Crippen molar-refractivity contribution in [3.05, 3.63) is 0 Å². The van der Waals surface area contributed by atoms with E-state index < -0.39 is 6.04 Å². The molecule has 0 spiro atoms. The predicted molar refractivity (Wildman–Crippen MR) is 65.7 cm³/mol. The van der Waals surface area contributed by atoms with Gasteiger partial charge in [0.25, 0.3) is 0 Å². The van der Waals surface area contributed by atoms with Gasteiger partial charge in [0.05, 0.1) is 13.1 Å². The summed E-state index contributed by atoms with van der Waals surface area (Å²) in [4.78, 5) is 33.9. The molecule has 7 heteroatoms. The lowest BCUT2D eigenvalue weighted by molar-refractivity contribution is -0.129. The fourth-order valence-electron chi connectivity index (χ4n) is 1.42. The Hall–Kier alpha value is -1.63. The van der Waals surface area contributed by atoms with Crippen molar-refractivity contribution in [2.24, 2.45) is 5.92 Å². The highest BCUT2D eigenvalue weighted by Gasteiger charge is 2.23. The Morgan fingerprint density at radius 2 is 2.11 bits per heavy atom. The molecule has 1 aliphatic heterocycles. The Morgan fingerprint density at radius 1 is 1.39 bits per heavy atom. The summed E-state index contributed by atoms with van der Waals surface area (Å²) in [5, 5.41) is 10.6. The maximum Gasteiger partial charge on any atom is 0.239 e. The molecule has 7 nitrogen and oxygen atoms in total. The van der Waals surface area contributed by atoms with Gasteiger partial charge in [0.2, 0.25) is 17.7 Å². The first-order valence-corrected chi connectivity index (χ1v) is 6.03. The molecule has 0 saturated carbocycles. The van der Waals surface area contributed by atoms with Gasteiger partial charge in [0.15, 0.2) is 0 Å². The van der Waals surface area contributed by atoms with Crippen molar-refractivity contribution in [2.75, 3.05) is 26.2 Å². The Balaban J connectivity index is 2.20. The number of carbonyl (C=O) groups is 3. The van der Waals surface area contributed by atoms with Gasteiger partial charge in [-0.3, -0.25) is 19.7 Å². The largest absolute Gasteiger partial charge is 0.354 e. The van der Waals surface area contributed by atoms with Gasteiger partial charge in [-0.15, -0.1) is 0 Å². The van der Waals surface area contributed by atoms with E-state index in [0.29, 0.717) is 12.5 Å². The van der Waals surface area contributed by atoms with Gasteiger partial charge in [-0.2, -0.15) is 0 Å². The third-order valence-corrected chi connectivity index (χ3v) is 2.46. The first-order valence-electron chi connectivity index (χ1n) is 6.03. The van der Waals surface area contributed by atoms with Crippen molar-refractivity contribution >= 4 is 17.7 Å². The van der Waals surface area contributed by atoms with Gasteiger partial charge in [-0.25, -0.2) is 0 Å². The first kappa shape index (κ1) is 14.4. The summed E-state index contributed by atoms with van der Waals surface area (Å²) < 4.78 is 0. The zero-order valence-corrected chi connectivity index (χ0v) is 10.7. The third kappa shape index (κ3) is 5.13. The molecule has 0 bridgehead atoms. The zero-order chi connectivity index (χ0) is 13.5. The molecule has 0 aromatic heterocycles. The Bertz CT molecular complexity index is 320. The average molecular weight is 256 g/mol. The van der Waals surface area contributed by atoms with Gasteiger partial charge in [-0.05, 0) is 5.92 Å². The summed E-state index contributed by atoms with van der Waals surface area (Å²) in [5.41, 5.74) is 0. The van der Waals surface area contributed by atoms with E-state index in [1.54, 1.807) is 0 Å². The second-order valence-corrected chi connectivity index (χ2v) is 4.65. The van der Waals surface area contributed by atoms with E-state index in [1.807, 2.05) is 13.8 Å². The van der Waals surface area contributed by atoms with Gasteiger partial charge < -0.3 is 16.0 Å². The van der Waals surface area contributed by atoms with Crippen LogP contribution in [0, 0.1) is 5.92 Å². The highest BCUT2D eigenvalue weighted by molar-refractivity contribution is 5.89. The van der Waals surface area contributed by atoms with Crippen molar-refractivity contribution in [3.63, 3.8) is 0 Å². The van der Waals surface area contributed by atoms with E-state index in [0.717, 1.165) is 0 Å². The molecular weight excluding hydrogens is 236 g/mol. The quantitative estimate of drug-likeness (QED) is 0.455. The predicted octanol–water partition coefficient (Wildman–Crippen LogP) is -2.04. The van der Waals surface area contributed by atoms with Crippen LogP contribution in [0.2, 0.25) is 0 Å². The van der Waals surface area contributed by atoms with E-state index in [2.05, 4.69) is 21.3 Å². The van der Waals surface area contributed by atoms with Crippen LogP contribution in [0.3, 0.4) is 0 Å². The van der Waals surface area contributed by atoms with Crippen LogP contribution in [0.25, 0.3) is 0 Å². The molecule has 4 N–H and O–H groups in total. The number of nitrogens with one attached hydrogen (secondary N) is 4. The lowest BCUT2D eigenvalue weighted by Crippen LogP contribution is -2.58. The van der Waals surface area contributed by atoms with Crippen LogP contribution in [0.5, 0.6) is 0 Å². The molecular formula is C11H20N4O3. The molecule has 1 atom stereocenters. The highest BCUT2D eigenvalue weighted by atomic mass is 16.2. The van der Waals surface area contributed by atoms with Crippen LogP contribution in [-0.4, -0.2) is 49.9 Å². The molecule has 1 rings (SSSR count). The summed E-state index contributed by atoms with van der Waals surface area (Å²) >= 11 is 0. The maximum absolute atomic E-state index is 11.6. The van der Waals surface area contributed by atoms with Crippen LogP contribution in [-0.2, 0) is 14.4 Å². The number of amides is 3. The summed E-state index contributed by atoms with van der Waals surface area (Å²) in [7, 11) is 0. The van der Waals surface area contributed by atoms with E-state index in [4.69, 9.17) is 0 Å². The Labute approximate surface area is 106 Å². The zero-order valence-electron chi connectivity index (χ0n) is 10.7. The standard InChI is InChI=1S/C11H20N4O3/c1-7(2)3-13-10(17)6-15-11(18)8-4-14-9(16)5-12-8/h7-8,12H,3-6H2,1-2H3,(H,13,17)(H,14,16)(H,15,18). The molecule has 102 valence electrons. The molecule has 1 aliphatic rings. The minimum atomic E-state index is -0.472. The second-order valence-electron chi connectivity index (χ2n) is 4.65. The van der Waals surface area contributed by atoms with Gasteiger partial charge in [-0.1, -0.05) is 13.8 Å². The summed E-state index contributed by atoms with van der Waals surface area (Å²) in [6.45, 7) is 4.90. The van der Waals surface area contributed by atoms with Gasteiger partial charge >= 0.3 is 0 Å². The van der Waals surface area contributed by atoms with Crippen LogP contribution in [0.1, 0.15) is 13.8 Å². The second kappa shape index (κ2) is 6.95. The summed E-state index contributed by atoms with van der Waals surface area (Å²) in [6.07, 6.45) is 0. The number of rotatable bonds is 5. The minimum Gasteiger partial charge on any atom is -0.354 e. The number of piperazine rings is 1. The van der Waals surface area contributed by atoms with E-state index in [-0.39, 0.29) is 37.4 Å². The highest BCUT2D eigenvalue weighted by Crippen LogP contribution is 1.89. The average Bonchev–Trinajstić information content (AvgIpc) is 2.34. The van der Waals surface area contributed by atoms with Crippen molar-refractivity contribution in [3.8, 4) is 0 Å². The molecule has 18 heavy (non-hydrogen) atoms. The molecule has 0 aliphatic carbocycles. The minimum absolute atomic E-state index is 0.0440. The Kier molecular flexibility index (Phi) is 5.57. The molecule has 1 saturated heterocycles. The topological polar surface area (TPSA) is 99.3 Å². The molecule has 0 aromatic rings. The van der Waals surface area contributed by atoms with Crippen LogP contribution >= 0.6 is 0 Å². The smallest absolute Gasteiger partial charge is 0.239 e.